The van der Waals surface area contributed by atoms with Crippen LogP contribution in [0.2, 0.25) is 0 Å². The van der Waals surface area contributed by atoms with E-state index in [0.29, 0.717) is 5.69 Å². The quantitative estimate of drug-likeness (QED) is 0.602. The maximum absolute atomic E-state index is 10.5. The Hall–Kier alpha value is -1.59. The van der Waals surface area contributed by atoms with Crippen LogP contribution in [-0.2, 0) is 11.4 Å². The standard InChI is InChI=1S/C10H9NO3S/c11-10-6-8(14-15(12)13)5-7-3-1-2-4-9(7)10/h1-6H,11H2,(H,12,13). The molecule has 78 valence electrons. The van der Waals surface area contributed by atoms with E-state index in [1.807, 2.05) is 24.3 Å². The Morgan fingerprint density at radius 1 is 1.27 bits per heavy atom. The summed E-state index contributed by atoms with van der Waals surface area (Å²) in [6.07, 6.45) is 0. The first-order valence-corrected chi connectivity index (χ1v) is 5.27. The van der Waals surface area contributed by atoms with E-state index in [1.165, 1.54) is 6.07 Å². The highest BCUT2D eigenvalue weighted by Gasteiger charge is 2.03. The van der Waals surface area contributed by atoms with E-state index in [2.05, 4.69) is 4.18 Å². The smallest absolute Gasteiger partial charge is 0.357 e. The Kier molecular flexibility index (Phi) is 2.57. The number of nitrogens with two attached hydrogens (primary N) is 1. The topological polar surface area (TPSA) is 72.5 Å². The number of anilines is 1. The van der Waals surface area contributed by atoms with Crippen molar-refractivity contribution in [3.8, 4) is 5.75 Å². The van der Waals surface area contributed by atoms with Crippen molar-refractivity contribution in [1.29, 1.82) is 0 Å². The van der Waals surface area contributed by atoms with Crippen molar-refractivity contribution < 1.29 is 12.9 Å². The van der Waals surface area contributed by atoms with Gasteiger partial charge in [-0.25, -0.2) is 0 Å². The summed E-state index contributed by atoms with van der Waals surface area (Å²) in [6.45, 7) is 0. The lowest BCUT2D eigenvalue weighted by Gasteiger charge is -2.05. The zero-order valence-electron chi connectivity index (χ0n) is 7.71. The molecule has 0 amide bonds. The first-order valence-electron chi connectivity index (χ1n) is 4.24. The molecule has 0 saturated carbocycles. The first-order chi connectivity index (χ1) is 7.16. The highest BCUT2D eigenvalue weighted by molar-refractivity contribution is 7.74. The van der Waals surface area contributed by atoms with Gasteiger partial charge in [0.05, 0.1) is 0 Å². The van der Waals surface area contributed by atoms with Crippen molar-refractivity contribution in [2.24, 2.45) is 0 Å². The van der Waals surface area contributed by atoms with Crippen molar-refractivity contribution in [2.75, 3.05) is 5.73 Å². The van der Waals surface area contributed by atoms with Gasteiger partial charge in [-0.2, -0.15) is 4.21 Å². The van der Waals surface area contributed by atoms with Gasteiger partial charge in [0, 0.05) is 17.1 Å². The minimum atomic E-state index is -2.32. The summed E-state index contributed by atoms with van der Waals surface area (Å²) in [5.74, 6) is 0.284. The van der Waals surface area contributed by atoms with E-state index in [4.69, 9.17) is 10.3 Å². The summed E-state index contributed by atoms with van der Waals surface area (Å²) in [5, 5.41) is 1.77. The predicted octanol–water partition coefficient (Wildman–Crippen LogP) is 1.94. The summed E-state index contributed by atoms with van der Waals surface area (Å²) >= 11 is -2.32. The number of benzene rings is 2. The van der Waals surface area contributed by atoms with Crippen LogP contribution in [0, 0.1) is 0 Å². The van der Waals surface area contributed by atoms with Crippen LogP contribution in [0.25, 0.3) is 10.8 Å². The SMILES string of the molecule is Nc1cc(OS(=O)O)cc2ccccc12. The molecule has 0 spiro atoms. The monoisotopic (exact) mass is 223 g/mol. The van der Waals surface area contributed by atoms with E-state index in [0.717, 1.165) is 10.8 Å². The van der Waals surface area contributed by atoms with Crippen LogP contribution in [0.15, 0.2) is 36.4 Å². The molecule has 0 heterocycles. The number of nitrogen functional groups attached to an aromatic ring is 1. The van der Waals surface area contributed by atoms with E-state index < -0.39 is 11.4 Å². The second-order valence-corrected chi connectivity index (χ2v) is 3.63. The second-order valence-electron chi connectivity index (χ2n) is 3.03. The lowest BCUT2D eigenvalue weighted by atomic mass is 10.1. The zero-order chi connectivity index (χ0) is 10.8. The van der Waals surface area contributed by atoms with Crippen molar-refractivity contribution in [3.05, 3.63) is 36.4 Å². The fourth-order valence-electron chi connectivity index (χ4n) is 1.44. The van der Waals surface area contributed by atoms with Crippen LogP contribution in [0.3, 0.4) is 0 Å². The molecular weight excluding hydrogens is 214 g/mol. The molecule has 0 aromatic heterocycles. The molecule has 0 bridgehead atoms. The van der Waals surface area contributed by atoms with Gasteiger partial charge in [0.1, 0.15) is 5.75 Å². The molecule has 0 aliphatic rings. The molecule has 4 nitrogen and oxygen atoms in total. The largest absolute Gasteiger partial charge is 0.398 e. The average molecular weight is 223 g/mol. The predicted molar refractivity (Wildman–Crippen MR) is 59.8 cm³/mol. The second kappa shape index (κ2) is 3.88. The normalized spacial score (nSPS) is 12.6. The molecule has 0 aliphatic heterocycles. The van der Waals surface area contributed by atoms with Crippen LogP contribution >= 0.6 is 0 Å². The summed E-state index contributed by atoms with van der Waals surface area (Å²) in [6, 6.07) is 10.7. The van der Waals surface area contributed by atoms with Gasteiger partial charge >= 0.3 is 11.4 Å². The summed E-state index contributed by atoms with van der Waals surface area (Å²) in [4.78, 5) is 0. The molecule has 0 aliphatic carbocycles. The van der Waals surface area contributed by atoms with Gasteiger partial charge in [0.2, 0.25) is 0 Å². The Labute approximate surface area is 89.2 Å². The maximum Gasteiger partial charge on any atom is 0.357 e. The molecule has 0 radical (unpaired) electrons. The number of hydrogen-bond donors (Lipinski definition) is 2. The fourth-order valence-corrected chi connectivity index (χ4v) is 1.70. The van der Waals surface area contributed by atoms with Crippen molar-refractivity contribution in [3.63, 3.8) is 0 Å². The van der Waals surface area contributed by atoms with Gasteiger partial charge in [-0.05, 0) is 11.5 Å². The fraction of sp³-hybridized carbons (Fsp3) is 0. The van der Waals surface area contributed by atoms with Gasteiger partial charge < -0.3 is 9.92 Å². The molecule has 5 heteroatoms. The van der Waals surface area contributed by atoms with Gasteiger partial charge in [-0.3, -0.25) is 4.55 Å². The van der Waals surface area contributed by atoms with E-state index in [9.17, 15) is 4.21 Å². The van der Waals surface area contributed by atoms with E-state index >= 15 is 0 Å². The molecule has 15 heavy (non-hydrogen) atoms. The number of fused-ring (bicyclic) bond motifs is 1. The maximum atomic E-state index is 10.5. The third kappa shape index (κ3) is 2.08. The lowest BCUT2D eigenvalue weighted by molar-refractivity contribution is 0.458. The zero-order valence-corrected chi connectivity index (χ0v) is 8.53. The molecule has 2 aromatic rings. The third-order valence-electron chi connectivity index (χ3n) is 2.03. The lowest BCUT2D eigenvalue weighted by Crippen LogP contribution is -1.98. The molecule has 1 unspecified atom stereocenters. The van der Waals surface area contributed by atoms with Crippen LogP contribution < -0.4 is 9.92 Å². The molecular formula is C10H9NO3S. The molecule has 2 aromatic carbocycles. The molecule has 1 atom stereocenters. The third-order valence-corrected chi connectivity index (χ3v) is 2.37. The van der Waals surface area contributed by atoms with Crippen molar-refractivity contribution >= 4 is 27.8 Å². The summed E-state index contributed by atoms with van der Waals surface area (Å²) in [7, 11) is 0. The number of hydrogen-bond acceptors (Lipinski definition) is 3. The van der Waals surface area contributed by atoms with Gasteiger partial charge in [-0.15, -0.1) is 0 Å². The van der Waals surface area contributed by atoms with Crippen LogP contribution in [-0.4, -0.2) is 8.76 Å². The molecule has 3 N–H and O–H groups in total. The average Bonchev–Trinajstić information content (AvgIpc) is 2.16. The highest BCUT2D eigenvalue weighted by atomic mass is 32.2. The van der Waals surface area contributed by atoms with Crippen LogP contribution in [0.1, 0.15) is 0 Å². The van der Waals surface area contributed by atoms with Crippen LogP contribution in [0.5, 0.6) is 5.75 Å². The molecule has 2 rings (SSSR count). The van der Waals surface area contributed by atoms with E-state index in [1.54, 1.807) is 6.07 Å². The molecule has 0 saturated heterocycles. The number of rotatable bonds is 2. The van der Waals surface area contributed by atoms with Crippen molar-refractivity contribution in [1.82, 2.24) is 0 Å². The minimum Gasteiger partial charge on any atom is -0.398 e. The van der Waals surface area contributed by atoms with Crippen molar-refractivity contribution in [2.45, 2.75) is 0 Å². The Morgan fingerprint density at radius 3 is 2.73 bits per heavy atom. The van der Waals surface area contributed by atoms with E-state index in [-0.39, 0.29) is 5.75 Å². The van der Waals surface area contributed by atoms with Gasteiger partial charge in [-0.1, -0.05) is 24.3 Å². The summed E-state index contributed by atoms with van der Waals surface area (Å²) in [5.41, 5.74) is 6.29. The Balaban J connectivity index is 2.57. The summed E-state index contributed by atoms with van der Waals surface area (Å²) < 4.78 is 23.7. The Morgan fingerprint density at radius 2 is 2.00 bits per heavy atom. The Bertz CT molecular complexity index is 527. The minimum absolute atomic E-state index is 0.284. The van der Waals surface area contributed by atoms with Gasteiger partial charge in [0.25, 0.3) is 0 Å². The van der Waals surface area contributed by atoms with Crippen LogP contribution in [0.4, 0.5) is 5.69 Å². The first kappa shape index (κ1) is 9.95. The highest BCUT2D eigenvalue weighted by Crippen LogP contribution is 2.27. The van der Waals surface area contributed by atoms with Gasteiger partial charge in [0.15, 0.2) is 0 Å². The molecule has 0 fully saturated rings.